The normalized spacial score (nSPS) is 11.4. The molecule has 1 N–H and O–H groups in total. The van der Waals surface area contributed by atoms with Crippen LogP contribution in [0.3, 0.4) is 0 Å². The van der Waals surface area contributed by atoms with Crippen molar-refractivity contribution >= 4 is 5.95 Å². The topological polar surface area (TPSA) is 50.3 Å². The van der Waals surface area contributed by atoms with E-state index in [1.54, 1.807) is 7.11 Å². The molecular formula is C14H26N4O. The Bertz CT molecular complexity index is 385. The predicted molar refractivity (Wildman–Crippen MR) is 78.8 cm³/mol. The molecule has 0 aliphatic carbocycles. The second-order valence-electron chi connectivity index (χ2n) is 5.23. The highest BCUT2D eigenvalue weighted by molar-refractivity contribution is 5.30. The van der Waals surface area contributed by atoms with Crippen LogP contribution in [0.25, 0.3) is 0 Å². The molecule has 0 aliphatic rings. The van der Waals surface area contributed by atoms with E-state index in [1.165, 1.54) is 0 Å². The Morgan fingerprint density at radius 1 is 1.21 bits per heavy atom. The SMILES string of the molecule is COc1cc(C)nc(NCCN(C(C)C)C(C)C)n1. The highest BCUT2D eigenvalue weighted by atomic mass is 16.5. The molecule has 1 rings (SSSR count). The Labute approximate surface area is 116 Å². The Hall–Kier alpha value is -1.36. The maximum absolute atomic E-state index is 5.14. The number of hydrogen-bond donors (Lipinski definition) is 1. The first kappa shape index (κ1) is 15.7. The number of methoxy groups -OCH3 is 1. The van der Waals surface area contributed by atoms with Gasteiger partial charge in [-0.15, -0.1) is 0 Å². The van der Waals surface area contributed by atoms with Gasteiger partial charge >= 0.3 is 0 Å². The number of ether oxygens (including phenoxy) is 1. The van der Waals surface area contributed by atoms with Crippen LogP contribution in [0.2, 0.25) is 0 Å². The van der Waals surface area contributed by atoms with Crippen LogP contribution < -0.4 is 10.1 Å². The first-order chi connectivity index (χ1) is 8.93. The number of nitrogens with zero attached hydrogens (tertiary/aromatic N) is 3. The maximum Gasteiger partial charge on any atom is 0.226 e. The van der Waals surface area contributed by atoms with Gasteiger partial charge in [0.15, 0.2) is 0 Å². The van der Waals surface area contributed by atoms with E-state index >= 15 is 0 Å². The summed E-state index contributed by atoms with van der Waals surface area (Å²) in [5, 5.41) is 3.26. The Morgan fingerprint density at radius 3 is 2.37 bits per heavy atom. The summed E-state index contributed by atoms with van der Waals surface area (Å²) in [6.45, 7) is 12.6. The minimum atomic E-state index is 0.537. The molecule has 0 amide bonds. The van der Waals surface area contributed by atoms with Gasteiger partial charge in [0.05, 0.1) is 7.11 Å². The van der Waals surface area contributed by atoms with Crippen LogP contribution in [0.5, 0.6) is 5.88 Å². The van der Waals surface area contributed by atoms with Crippen molar-refractivity contribution in [3.63, 3.8) is 0 Å². The first-order valence-electron chi connectivity index (χ1n) is 6.83. The molecule has 5 heteroatoms. The third-order valence-electron chi connectivity index (χ3n) is 3.02. The summed E-state index contributed by atoms with van der Waals surface area (Å²) in [6.07, 6.45) is 0. The minimum Gasteiger partial charge on any atom is -0.481 e. The maximum atomic E-state index is 5.14. The van der Waals surface area contributed by atoms with E-state index in [1.807, 2.05) is 13.0 Å². The van der Waals surface area contributed by atoms with Crippen LogP contribution in [0.1, 0.15) is 33.4 Å². The molecule has 0 fully saturated rings. The Balaban J connectivity index is 2.55. The van der Waals surface area contributed by atoms with Crippen LogP contribution in [-0.4, -0.2) is 47.2 Å². The van der Waals surface area contributed by atoms with Crippen LogP contribution >= 0.6 is 0 Å². The van der Waals surface area contributed by atoms with E-state index in [9.17, 15) is 0 Å². The zero-order valence-corrected chi connectivity index (χ0v) is 12.9. The Kier molecular flexibility index (Phi) is 6.02. The molecule has 0 spiro atoms. The summed E-state index contributed by atoms with van der Waals surface area (Å²) in [7, 11) is 1.62. The predicted octanol–water partition coefficient (Wildman–Crippen LogP) is 2.32. The average molecular weight is 266 g/mol. The van der Waals surface area contributed by atoms with E-state index < -0.39 is 0 Å². The lowest BCUT2D eigenvalue weighted by Crippen LogP contribution is -2.40. The van der Waals surface area contributed by atoms with Crippen molar-refractivity contribution in [3.8, 4) is 5.88 Å². The highest BCUT2D eigenvalue weighted by Crippen LogP contribution is 2.11. The lowest BCUT2D eigenvalue weighted by atomic mass is 10.2. The van der Waals surface area contributed by atoms with Gasteiger partial charge in [-0.05, 0) is 34.6 Å². The van der Waals surface area contributed by atoms with Crippen molar-refractivity contribution in [1.29, 1.82) is 0 Å². The van der Waals surface area contributed by atoms with Gasteiger partial charge in [-0.3, -0.25) is 4.90 Å². The molecule has 1 aromatic rings. The van der Waals surface area contributed by atoms with Crippen LogP contribution in [0, 0.1) is 6.92 Å². The second-order valence-corrected chi connectivity index (χ2v) is 5.23. The monoisotopic (exact) mass is 266 g/mol. The summed E-state index contributed by atoms with van der Waals surface area (Å²) in [6, 6.07) is 2.89. The van der Waals surface area contributed by atoms with E-state index in [0.717, 1.165) is 18.8 Å². The van der Waals surface area contributed by atoms with Gasteiger partial charge in [-0.2, -0.15) is 4.98 Å². The number of aromatic nitrogens is 2. The summed E-state index contributed by atoms with van der Waals surface area (Å²) in [5.41, 5.74) is 0.902. The number of anilines is 1. The summed E-state index contributed by atoms with van der Waals surface area (Å²) >= 11 is 0. The van der Waals surface area contributed by atoms with Gasteiger partial charge in [-0.25, -0.2) is 4.98 Å². The number of hydrogen-bond acceptors (Lipinski definition) is 5. The molecule has 5 nitrogen and oxygen atoms in total. The average Bonchev–Trinajstić information content (AvgIpc) is 2.32. The van der Waals surface area contributed by atoms with Gasteiger partial charge in [0.2, 0.25) is 11.8 Å². The molecule has 0 aliphatic heterocycles. The molecule has 0 bridgehead atoms. The van der Waals surface area contributed by atoms with Crippen LogP contribution in [0.4, 0.5) is 5.95 Å². The second kappa shape index (κ2) is 7.28. The van der Waals surface area contributed by atoms with Crippen molar-refractivity contribution in [2.75, 3.05) is 25.5 Å². The summed E-state index contributed by atoms with van der Waals surface area (Å²) in [4.78, 5) is 11.1. The van der Waals surface area contributed by atoms with Crippen molar-refractivity contribution < 1.29 is 4.74 Å². The van der Waals surface area contributed by atoms with Gasteiger partial charge in [-0.1, -0.05) is 0 Å². The van der Waals surface area contributed by atoms with Gasteiger partial charge < -0.3 is 10.1 Å². The zero-order valence-electron chi connectivity index (χ0n) is 12.9. The zero-order chi connectivity index (χ0) is 14.4. The van der Waals surface area contributed by atoms with Crippen molar-refractivity contribution in [3.05, 3.63) is 11.8 Å². The molecule has 108 valence electrons. The minimum absolute atomic E-state index is 0.537. The molecule has 19 heavy (non-hydrogen) atoms. The fourth-order valence-corrected chi connectivity index (χ4v) is 2.13. The molecule has 1 heterocycles. The van der Waals surface area contributed by atoms with E-state index in [2.05, 4.69) is 47.9 Å². The fourth-order valence-electron chi connectivity index (χ4n) is 2.13. The molecule has 0 unspecified atom stereocenters. The smallest absolute Gasteiger partial charge is 0.226 e. The van der Waals surface area contributed by atoms with Gasteiger partial charge in [0.25, 0.3) is 0 Å². The van der Waals surface area contributed by atoms with Crippen molar-refractivity contribution in [2.24, 2.45) is 0 Å². The quantitative estimate of drug-likeness (QED) is 0.821. The third kappa shape index (κ3) is 5.03. The lowest BCUT2D eigenvalue weighted by Gasteiger charge is -2.30. The Morgan fingerprint density at radius 2 is 1.84 bits per heavy atom. The number of aryl methyl sites for hydroxylation is 1. The standard InChI is InChI=1S/C14H26N4O/c1-10(2)18(11(3)4)8-7-15-14-16-12(5)9-13(17-14)19-6/h9-11H,7-8H2,1-6H3,(H,15,16,17). The molecule has 0 radical (unpaired) electrons. The van der Waals surface area contributed by atoms with Crippen LogP contribution in [0.15, 0.2) is 6.07 Å². The lowest BCUT2D eigenvalue weighted by molar-refractivity contribution is 0.182. The van der Waals surface area contributed by atoms with E-state index in [0.29, 0.717) is 23.9 Å². The molecule has 1 aromatic heterocycles. The number of nitrogens with one attached hydrogen (secondary N) is 1. The van der Waals surface area contributed by atoms with Crippen molar-refractivity contribution in [1.82, 2.24) is 14.9 Å². The molecule has 0 saturated heterocycles. The molecule has 0 aromatic carbocycles. The third-order valence-corrected chi connectivity index (χ3v) is 3.02. The van der Waals surface area contributed by atoms with E-state index in [-0.39, 0.29) is 0 Å². The number of rotatable bonds is 7. The molecule has 0 atom stereocenters. The van der Waals surface area contributed by atoms with Crippen LogP contribution in [-0.2, 0) is 0 Å². The fraction of sp³-hybridized carbons (Fsp3) is 0.714. The highest BCUT2D eigenvalue weighted by Gasteiger charge is 2.12. The van der Waals surface area contributed by atoms with Crippen molar-refractivity contribution in [2.45, 2.75) is 46.7 Å². The van der Waals surface area contributed by atoms with E-state index in [4.69, 9.17) is 4.74 Å². The summed E-state index contributed by atoms with van der Waals surface area (Å²) in [5.74, 6) is 1.23. The van der Waals surface area contributed by atoms with Gasteiger partial charge in [0.1, 0.15) is 0 Å². The molecule has 0 saturated carbocycles. The molecular weight excluding hydrogens is 240 g/mol. The largest absolute Gasteiger partial charge is 0.481 e. The van der Waals surface area contributed by atoms with Gasteiger partial charge in [0, 0.05) is 36.9 Å². The first-order valence-corrected chi connectivity index (χ1v) is 6.83. The summed E-state index contributed by atoms with van der Waals surface area (Å²) < 4.78 is 5.14.